The fourth-order valence-corrected chi connectivity index (χ4v) is 4.25. The van der Waals surface area contributed by atoms with Crippen LogP contribution in [0.3, 0.4) is 0 Å². The van der Waals surface area contributed by atoms with Gasteiger partial charge in [-0.1, -0.05) is 60.7 Å². The van der Waals surface area contributed by atoms with Gasteiger partial charge in [-0.2, -0.15) is 0 Å². The van der Waals surface area contributed by atoms with E-state index in [0.29, 0.717) is 29.2 Å². The van der Waals surface area contributed by atoms with E-state index in [0.717, 1.165) is 23.7 Å². The van der Waals surface area contributed by atoms with Crippen LogP contribution in [0.25, 0.3) is 6.08 Å². The fraction of sp³-hybridized carbons (Fsp3) is 0.154. The highest BCUT2D eigenvalue weighted by Crippen LogP contribution is 2.34. The topological polar surface area (TPSA) is 46.6 Å². The molecule has 3 aromatic rings. The van der Waals surface area contributed by atoms with Crippen LogP contribution in [-0.4, -0.2) is 22.6 Å². The van der Waals surface area contributed by atoms with Crippen LogP contribution in [0.5, 0.6) is 5.75 Å². The smallest absolute Gasteiger partial charge is 0.293 e. The van der Waals surface area contributed by atoms with Crippen molar-refractivity contribution in [2.75, 3.05) is 6.54 Å². The molecule has 0 unspecified atom stereocenters. The molecule has 0 spiro atoms. The van der Waals surface area contributed by atoms with Crippen molar-refractivity contribution in [2.24, 2.45) is 0 Å². The van der Waals surface area contributed by atoms with Gasteiger partial charge in [-0.15, -0.1) is 0 Å². The molecule has 0 bridgehead atoms. The Morgan fingerprint density at radius 2 is 1.59 bits per heavy atom. The van der Waals surface area contributed by atoms with Crippen LogP contribution in [0.15, 0.2) is 83.8 Å². The van der Waals surface area contributed by atoms with E-state index in [4.69, 9.17) is 4.74 Å². The van der Waals surface area contributed by atoms with Crippen molar-refractivity contribution in [3.05, 3.63) is 106 Å². The summed E-state index contributed by atoms with van der Waals surface area (Å²) in [5, 5.41) is -0.251. The van der Waals surface area contributed by atoms with E-state index in [9.17, 15) is 14.0 Å². The van der Waals surface area contributed by atoms with Gasteiger partial charge in [0.25, 0.3) is 11.1 Å². The molecule has 0 atom stereocenters. The van der Waals surface area contributed by atoms with Crippen molar-refractivity contribution >= 4 is 29.0 Å². The number of para-hydroxylation sites is 1. The van der Waals surface area contributed by atoms with Crippen molar-refractivity contribution in [3.63, 3.8) is 0 Å². The molecule has 32 heavy (non-hydrogen) atoms. The number of thioether (sulfide) groups is 1. The maximum Gasteiger partial charge on any atom is 0.293 e. The van der Waals surface area contributed by atoms with Crippen LogP contribution in [-0.2, 0) is 17.8 Å². The minimum Gasteiger partial charge on any atom is -0.488 e. The second-order valence-electron chi connectivity index (χ2n) is 7.38. The summed E-state index contributed by atoms with van der Waals surface area (Å²) in [5.74, 6) is 0.0164. The Hall–Kier alpha value is -3.38. The Labute approximate surface area is 190 Å². The highest BCUT2D eigenvalue weighted by atomic mass is 32.2. The number of hydrogen-bond donors (Lipinski definition) is 0. The molecule has 0 aromatic heterocycles. The van der Waals surface area contributed by atoms with Gasteiger partial charge in [0.1, 0.15) is 18.2 Å². The molecule has 3 aromatic carbocycles. The van der Waals surface area contributed by atoms with Gasteiger partial charge >= 0.3 is 0 Å². The third-order valence-electron chi connectivity index (χ3n) is 5.08. The van der Waals surface area contributed by atoms with Gasteiger partial charge in [-0.3, -0.25) is 14.5 Å². The van der Waals surface area contributed by atoms with Crippen molar-refractivity contribution in [1.29, 1.82) is 0 Å². The van der Waals surface area contributed by atoms with Crippen molar-refractivity contribution < 1.29 is 18.7 Å². The number of aryl methyl sites for hydroxylation is 1. The van der Waals surface area contributed by atoms with E-state index >= 15 is 0 Å². The lowest BCUT2D eigenvalue weighted by Gasteiger charge is -2.12. The monoisotopic (exact) mass is 447 g/mol. The third kappa shape index (κ3) is 5.45. The zero-order chi connectivity index (χ0) is 22.3. The standard InChI is InChI=1S/C26H22FNO3S/c27-22-14-12-20(13-15-22)18-31-23-11-5-4-10-21(23)17-24-25(29)28(26(30)32-24)16-6-9-19-7-2-1-3-8-19/h1-5,7-8,10-15,17H,6,9,16,18H2/b24-17+. The van der Waals surface area contributed by atoms with Crippen LogP contribution < -0.4 is 4.74 Å². The summed E-state index contributed by atoms with van der Waals surface area (Å²) in [5.41, 5.74) is 2.73. The van der Waals surface area contributed by atoms with Crippen LogP contribution in [0.1, 0.15) is 23.1 Å². The first-order valence-corrected chi connectivity index (χ1v) is 11.2. The maximum absolute atomic E-state index is 13.1. The van der Waals surface area contributed by atoms with Crippen LogP contribution >= 0.6 is 11.8 Å². The summed E-state index contributed by atoms with van der Waals surface area (Å²) in [6, 6.07) is 23.4. The molecular weight excluding hydrogens is 425 g/mol. The summed E-state index contributed by atoms with van der Waals surface area (Å²) < 4.78 is 19.0. The number of halogens is 1. The first-order chi connectivity index (χ1) is 15.6. The molecule has 1 heterocycles. The number of amides is 2. The number of carbonyl (C=O) groups is 2. The number of rotatable bonds is 8. The lowest BCUT2D eigenvalue weighted by molar-refractivity contribution is -0.122. The van der Waals surface area contributed by atoms with E-state index in [-0.39, 0.29) is 23.6 Å². The van der Waals surface area contributed by atoms with Gasteiger partial charge in [0.15, 0.2) is 0 Å². The lowest BCUT2D eigenvalue weighted by Crippen LogP contribution is -2.29. The highest BCUT2D eigenvalue weighted by Gasteiger charge is 2.34. The van der Waals surface area contributed by atoms with E-state index in [1.807, 2.05) is 48.5 Å². The second-order valence-corrected chi connectivity index (χ2v) is 8.37. The Kier molecular flexibility index (Phi) is 7.02. The van der Waals surface area contributed by atoms with Crippen molar-refractivity contribution in [1.82, 2.24) is 4.90 Å². The zero-order valence-electron chi connectivity index (χ0n) is 17.4. The van der Waals surface area contributed by atoms with Gasteiger partial charge in [0.05, 0.1) is 4.91 Å². The third-order valence-corrected chi connectivity index (χ3v) is 5.98. The predicted octanol–water partition coefficient (Wildman–Crippen LogP) is 6.07. The molecule has 162 valence electrons. The number of carbonyl (C=O) groups excluding carboxylic acids is 2. The first kappa shape index (κ1) is 21.8. The quantitative estimate of drug-likeness (QED) is 0.393. The van der Waals surface area contributed by atoms with Gasteiger partial charge in [0, 0.05) is 12.1 Å². The molecule has 0 radical (unpaired) electrons. The summed E-state index contributed by atoms with van der Waals surface area (Å²) in [6.45, 7) is 0.658. The molecular formula is C26H22FNO3S. The molecule has 0 saturated carbocycles. The number of benzene rings is 3. The lowest BCUT2D eigenvalue weighted by atomic mass is 10.1. The largest absolute Gasteiger partial charge is 0.488 e. The van der Waals surface area contributed by atoms with Crippen LogP contribution in [0, 0.1) is 5.82 Å². The van der Waals surface area contributed by atoms with E-state index in [1.165, 1.54) is 22.6 Å². The molecule has 0 aliphatic carbocycles. The average molecular weight is 448 g/mol. The number of hydrogen-bond acceptors (Lipinski definition) is 4. The Balaban J connectivity index is 1.41. The Morgan fingerprint density at radius 3 is 2.38 bits per heavy atom. The second kappa shape index (κ2) is 10.3. The zero-order valence-corrected chi connectivity index (χ0v) is 18.2. The van der Waals surface area contributed by atoms with Crippen LogP contribution in [0.4, 0.5) is 9.18 Å². The normalized spacial score (nSPS) is 14.9. The van der Waals surface area contributed by atoms with Crippen molar-refractivity contribution in [2.45, 2.75) is 19.4 Å². The summed E-state index contributed by atoms with van der Waals surface area (Å²) >= 11 is 0.949. The summed E-state index contributed by atoms with van der Waals surface area (Å²) in [7, 11) is 0. The van der Waals surface area contributed by atoms with E-state index in [1.54, 1.807) is 24.3 Å². The molecule has 2 amide bonds. The molecule has 1 aliphatic heterocycles. The van der Waals surface area contributed by atoms with Crippen LogP contribution in [0.2, 0.25) is 0 Å². The number of ether oxygens (including phenoxy) is 1. The van der Waals surface area contributed by atoms with E-state index < -0.39 is 0 Å². The van der Waals surface area contributed by atoms with E-state index in [2.05, 4.69) is 0 Å². The van der Waals surface area contributed by atoms with Crippen molar-refractivity contribution in [3.8, 4) is 5.75 Å². The first-order valence-electron chi connectivity index (χ1n) is 10.4. The number of nitrogens with zero attached hydrogens (tertiary/aromatic N) is 1. The van der Waals surface area contributed by atoms with Gasteiger partial charge in [0.2, 0.25) is 0 Å². The summed E-state index contributed by atoms with van der Waals surface area (Å²) in [6.07, 6.45) is 3.22. The maximum atomic E-state index is 13.1. The van der Waals surface area contributed by atoms with Gasteiger partial charge in [-0.25, -0.2) is 4.39 Å². The summed E-state index contributed by atoms with van der Waals surface area (Å²) in [4.78, 5) is 26.9. The molecule has 0 N–H and O–H groups in total. The van der Waals surface area contributed by atoms with Gasteiger partial charge < -0.3 is 4.74 Å². The molecule has 4 rings (SSSR count). The SMILES string of the molecule is O=C1S/C(=C/c2ccccc2OCc2ccc(F)cc2)C(=O)N1CCCc1ccccc1. The molecule has 4 nitrogen and oxygen atoms in total. The average Bonchev–Trinajstić information content (AvgIpc) is 3.07. The predicted molar refractivity (Wildman–Crippen MR) is 125 cm³/mol. The highest BCUT2D eigenvalue weighted by molar-refractivity contribution is 8.18. The van der Waals surface area contributed by atoms with Gasteiger partial charge in [-0.05, 0) is 60.0 Å². The Morgan fingerprint density at radius 1 is 0.875 bits per heavy atom. The Bertz CT molecular complexity index is 1130. The minimum atomic E-state index is -0.298. The molecule has 1 aliphatic rings. The number of imide groups is 1. The minimum absolute atomic E-state index is 0.251. The molecule has 1 saturated heterocycles. The molecule has 1 fully saturated rings. The molecule has 6 heteroatoms. The fourth-order valence-electron chi connectivity index (χ4n) is 3.39.